The molecule has 3 aromatic rings. The van der Waals surface area contributed by atoms with Gasteiger partial charge < -0.3 is 0 Å². The number of Topliss-reactive ketones (excluding diaryl/α,β-unsaturated/α-hetero) is 2. The van der Waals surface area contributed by atoms with Crippen LogP contribution in [0.5, 0.6) is 0 Å². The van der Waals surface area contributed by atoms with E-state index in [1.165, 1.54) is 0 Å². The fourth-order valence-electron chi connectivity index (χ4n) is 3.03. The third-order valence-corrected chi connectivity index (χ3v) is 6.02. The van der Waals surface area contributed by atoms with Crippen molar-refractivity contribution in [1.29, 1.82) is 0 Å². The summed E-state index contributed by atoms with van der Waals surface area (Å²) in [4.78, 5) is 26.0. The Hall–Kier alpha value is -1.84. The highest BCUT2D eigenvalue weighted by molar-refractivity contribution is 6.39. The van der Waals surface area contributed by atoms with Crippen molar-refractivity contribution in [3.05, 3.63) is 106 Å². The molecule has 29 heavy (non-hydrogen) atoms. The third-order valence-electron chi connectivity index (χ3n) is 4.57. The first-order valence-electron chi connectivity index (χ1n) is 8.81. The van der Waals surface area contributed by atoms with Gasteiger partial charge in [0.15, 0.2) is 11.6 Å². The van der Waals surface area contributed by atoms with E-state index in [1.54, 1.807) is 60.7 Å². The van der Waals surface area contributed by atoms with Crippen molar-refractivity contribution in [1.82, 2.24) is 0 Å². The molecule has 0 saturated heterocycles. The standard InChI is InChI=1S/C23H16Cl4O2/c24-17-10-6-15(7-11-17)22(28)20(26)19(14-4-2-1-3-5-14)21(27)23(29)16-8-12-18(25)13-9-16/h1-13,19-21H. The van der Waals surface area contributed by atoms with Crippen molar-refractivity contribution in [3.63, 3.8) is 0 Å². The molecule has 0 aliphatic heterocycles. The van der Waals surface area contributed by atoms with Crippen LogP contribution >= 0.6 is 46.4 Å². The number of hydrogen-bond acceptors (Lipinski definition) is 2. The van der Waals surface area contributed by atoms with Crippen LogP contribution in [0.1, 0.15) is 32.2 Å². The summed E-state index contributed by atoms with van der Waals surface area (Å²) in [5.74, 6) is -1.38. The van der Waals surface area contributed by atoms with Gasteiger partial charge in [-0.1, -0.05) is 53.5 Å². The Bertz CT molecular complexity index is 922. The lowest BCUT2D eigenvalue weighted by Crippen LogP contribution is -2.34. The molecular formula is C23H16Cl4O2. The van der Waals surface area contributed by atoms with Crippen LogP contribution in [0.15, 0.2) is 78.9 Å². The normalized spacial score (nSPS) is 14.1. The predicted octanol–water partition coefficient (Wildman–Crippen LogP) is 7.06. The fourth-order valence-corrected chi connectivity index (χ4v) is 4.19. The molecule has 0 aromatic heterocycles. The SMILES string of the molecule is O=C(c1ccc(Cl)cc1)C(Cl)C(c1ccccc1)C(Cl)C(=O)c1ccc(Cl)cc1. The smallest absolute Gasteiger partial charge is 0.181 e. The lowest BCUT2D eigenvalue weighted by Gasteiger charge is -2.26. The summed E-state index contributed by atoms with van der Waals surface area (Å²) in [6.45, 7) is 0. The zero-order valence-corrected chi connectivity index (χ0v) is 18.1. The fraction of sp³-hybridized carbons (Fsp3) is 0.130. The van der Waals surface area contributed by atoms with E-state index >= 15 is 0 Å². The molecule has 2 nitrogen and oxygen atoms in total. The average Bonchev–Trinajstić information content (AvgIpc) is 2.74. The Balaban J connectivity index is 1.96. The Morgan fingerprint density at radius 2 is 0.966 bits per heavy atom. The number of alkyl halides is 2. The topological polar surface area (TPSA) is 34.1 Å². The molecule has 3 rings (SSSR count). The molecule has 0 aliphatic rings. The number of hydrogen-bond donors (Lipinski definition) is 0. The highest BCUT2D eigenvalue weighted by Gasteiger charge is 2.37. The van der Waals surface area contributed by atoms with E-state index in [2.05, 4.69) is 0 Å². The highest BCUT2D eigenvalue weighted by Crippen LogP contribution is 2.34. The average molecular weight is 466 g/mol. The minimum atomic E-state index is -1.04. The largest absolute Gasteiger partial charge is 0.292 e. The monoisotopic (exact) mass is 464 g/mol. The quantitative estimate of drug-likeness (QED) is 0.276. The first-order valence-corrected chi connectivity index (χ1v) is 10.4. The summed E-state index contributed by atoms with van der Waals surface area (Å²) < 4.78 is 0. The Morgan fingerprint density at radius 3 is 1.34 bits per heavy atom. The van der Waals surface area contributed by atoms with Gasteiger partial charge in [0, 0.05) is 27.1 Å². The molecule has 0 saturated carbocycles. The zero-order valence-electron chi connectivity index (χ0n) is 15.1. The Kier molecular flexibility index (Phi) is 7.37. The van der Waals surface area contributed by atoms with Gasteiger partial charge in [-0.3, -0.25) is 9.59 Å². The highest BCUT2D eigenvalue weighted by atomic mass is 35.5. The van der Waals surface area contributed by atoms with Crippen LogP contribution in [0.3, 0.4) is 0 Å². The minimum Gasteiger partial charge on any atom is -0.292 e. The summed E-state index contributed by atoms with van der Waals surface area (Å²) >= 11 is 25.0. The van der Waals surface area contributed by atoms with Gasteiger partial charge >= 0.3 is 0 Å². The Morgan fingerprint density at radius 1 is 0.586 bits per heavy atom. The second-order valence-electron chi connectivity index (χ2n) is 6.48. The van der Waals surface area contributed by atoms with Gasteiger partial charge in [-0.15, -0.1) is 23.2 Å². The maximum absolute atomic E-state index is 13.0. The van der Waals surface area contributed by atoms with Gasteiger partial charge in [0.1, 0.15) is 10.8 Å². The van der Waals surface area contributed by atoms with Crippen molar-refractivity contribution in [3.8, 4) is 0 Å². The van der Waals surface area contributed by atoms with E-state index in [-0.39, 0.29) is 11.6 Å². The number of benzene rings is 3. The first-order chi connectivity index (χ1) is 13.9. The van der Waals surface area contributed by atoms with Crippen molar-refractivity contribution in [2.75, 3.05) is 0 Å². The van der Waals surface area contributed by atoms with E-state index in [1.807, 2.05) is 18.2 Å². The van der Waals surface area contributed by atoms with E-state index in [9.17, 15) is 9.59 Å². The lowest BCUT2D eigenvalue weighted by molar-refractivity contribution is 0.0951. The predicted molar refractivity (Wildman–Crippen MR) is 120 cm³/mol. The molecule has 6 heteroatoms. The minimum absolute atomic E-state index is 0.327. The van der Waals surface area contributed by atoms with Crippen molar-refractivity contribution >= 4 is 58.0 Å². The summed E-state index contributed by atoms with van der Waals surface area (Å²) in [5, 5.41) is -1.06. The van der Waals surface area contributed by atoms with E-state index in [0.717, 1.165) is 0 Å². The molecule has 0 heterocycles. The molecule has 0 N–H and O–H groups in total. The molecule has 0 fully saturated rings. The summed E-state index contributed by atoms with van der Waals surface area (Å²) in [6, 6.07) is 22.0. The summed E-state index contributed by atoms with van der Waals surface area (Å²) in [7, 11) is 0. The van der Waals surface area contributed by atoms with Gasteiger partial charge in [-0.25, -0.2) is 0 Å². The summed E-state index contributed by atoms with van der Waals surface area (Å²) in [6.07, 6.45) is 0. The number of ketones is 2. The molecule has 0 spiro atoms. The molecule has 2 unspecified atom stereocenters. The molecule has 3 aromatic carbocycles. The summed E-state index contributed by atoms with van der Waals surface area (Å²) in [5.41, 5.74) is 1.51. The zero-order chi connectivity index (χ0) is 21.0. The van der Waals surface area contributed by atoms with Crippen LogP contribution < -0.4 is 0 Å². The van der Waals surface area contributed by atoms with Gasteiger partial charge in [-0.05, 0) is 54.1 Å². The molecule has 0 aliphatic carbocycles. The van der Waals surface area contributed by atoms with Gasteiger partial charge in [0.05, 0.1) is 0 Å². The maximum Gasteiger partial charge on any atom is 0.181 e. The second kappa shape index (κ2) is 9.77. The third kappa shape index (κ3) is 5.21. The van der Waals surface area contributed by atoms with Crippen LogP contribution in [0.4, 0.5) is 0 Å². The second-order valence-corrected chi connectivity index (χ2v) is 8.30. The lowest BCUT2D eigenvalue weighted by atomic mass is 9.85. The van der Waals surface area contributed by atoms with E-state index < -0.39 is 16.7 Å². The maximum atomic E-state index is 13.0. The molecule has 148 valence electrons. The van der Waals surface area contributed by atoms with Crippen LogP contribution in [0.25, 0.3) is 0 Å². The molecule has 2 atom stereocenters. The number of carbonyl (C=O) groups excluding carboxylic acids is 2. The molecule has 0 amide bonds. The van der Waals surface area contributed by atoms with Crippen LogP contribution in [0, 0.1) is 0 Å². The van der Waals surface area contributed by atoms with Crippen molar-refractivity contribution in [2.24, 2.45) is 0 Å². The van der Waals surface area contributed by atoms with Crippen LogP contribution in [0.2, 0.25) is 10.0 Å². The van der Waals surface area contributed by atoms with E-state index in [4.69, 9.17) is 46.4 Å². The molecule has 0 radical (unpaired) electrons. The van der Waals surface area contributed by atoms with Crippen molar-refractivity contribution in [2.45, 2.75) is 16.7 Å². The van der Waals surface area contributed by atoms with Crippen molar-refractivity contribution < 1.29 is 9.59 Å². The van der Waals surface area contributed by atoms with Crippen LogP contribution in [-0.2, 0) is 0 Å². The van der Waals surface area contributed by atoms with Gasteiger partial charge in [0.25, 0.3) is 0 Å². The Labute approximate surface area is 189 Å². The number of carbonyl (C=O) groups is 2. The first kappa shape index (κ1) is 21.9. The van der Waals surface area contributed by atoms with Gasteiger partial charge in [-0.2, -0.15) is 0 Å². The van der Waals surface area contributed by atoms with Crippen LogP contribution in [-0.4, -0.2) is 22.3 Å². The number of rotatable bonds is 7. The molecule has 0 bridgehead atoms. The number of halogens is 4. The molecular weight excluding hydrogens is 450 g/mol. The van der Waals surface area contributed by atoms with E-state index in [0.29, 0.717) is 26.7 Å². The van der Waals surface area contributed by atoms with Gasteiger partial charge in [0.2, 0.25) is 0 Å².